The molecule has 2 aromatic rings. The van der Waals surface area contributed by atoms with Crippen molar-refractivity contribution in [2.45, 2.75) is 18.8 Å². The molecule has 5 heteroatoms. The van der Waals surface area contributed by atoms with Crippen molar-refractivity contribution in [3.63, 3.8) is 0 Å². The quantitative estimate of drug-likeness (QED) is 0.838. The molecule has 0 aliphatic carbocycles. The lowest BCUT2D eigenvalue weighted by Crippen LogP contribution is -2.26. The van der Waals surface area contributed by atoms with Crippen LogP contribution in [0.5, 0.6) is 0 Å². The monoisotopic (exact) mass is 229 g/mol. The molecule has 1 N–H and O–H groups in total. The Hall–Kier alpha value is -1.75. The van der Waals surface area contributed by atoms with Crippen LogP contribution in [-0.4, -0.2) is 32.8 Å². The molecule has 5 nitrogen and oxygen atoms in total. The first-order valence-electron chi connectivity index (χ1n) is 5.95. The van der Waals surface area contributed by atoms with Gasteiger partial charge in [-0.25, -0.2) is 14.6 Å². The van der Waals surface area contributed by atoms with Gasteiger partial charge in [-0.05, 0) is 43.5 Å². The van der Waals surface area contributed by atoms with Crippen molar-refractivity contribution in [3.05, 3.63) is 36.5 Å². The number of hydrogen-bond acceptors (Lipinski definition) is 4. The molecule has 1 fully saturated rings. The Morgan fingerprint density at radius 1 is 1.24 bits per heavy atom. The first-order valence-corrected chi connectivity index (χ1v) is 5.95. The average molecular weight is 229 g/mol. The van der Waals surface area contributed by atoms with Gasteiger partial charge in [0.1, 0.15) is 12.7 Å². The standard InChI is InChI=1S/C12H15N5/c1-2-12(17-9-14-8-16-17)15-7-11(1)10-3-5-13-6-4-10/h1-2,7-10,13H,3-6H2. The first-order chi connectivity index (χ1) is 8.43. The summed E-state index contributed by atoms with van der Waals surface area (Å²) >= 11 is 0. The average Bonchev–Trinajstić information content (AvgIpc) is 2.94. The summed E-state index contributed by atoms with van der Waals surface area (Å²) in [5.41, 5.74) is 1.33. The van der Waals surface area contributed by atoms with Gasteiger partial charge in [-0.1, -0.05) is 6.07 Å². The highest BCUT2D eigenvalue weighted by molar-refractivity contribution is 5.26. The number of pyridine rings is 1. The van der Waals surface area contributed by atoms with E-state index in [1.54, 1.807) is 11.0 Å². The SMILES string of the molecule is c1ncn(-c2ccc(C3CCNCC3)cn2)n1. The maximum atomic E-state index is 4.44. The lowest BCUT2D eigenvalue weighted by molar-refractivity contribution is 0.459. The second-order valence-electron chi connectivity index (χ2n) is 4.31. The third-order valence-electron chi connectivity index (χ3n) is 3.23. The minimum absolute atomic E-state index is 0.647. The summed E-state index contributed by atoms with van der Waals surface area (Å²) < 4.78 is 1.67. The van der Waals surface area contributed by atoms with Crippen LogP contribution in [0.1, 0.15) is 24.3 Å². The first kappa shape index (κ1) is 10.4. The van der Waals surface area contributed by atoms with Gasteiger partial charge in [0.05, 0.1) is 0 Å². The Kier molecular flexibility index (Phi) is 2.83. The topological polar surface area (TPSA) is 55.6 Å². The van der Waals surface area contributed by atoms with Crippen molar-refractivity contribution >= 4 is 0 Å². The number of nitrogens with one attached hydrogen (secondary N) is 1. The van der Waals surface area contributed by atoms with Gasteiger partial charge in [-0.15, -0.1) is 0 Å². The van der Waals surface area contributed by atoms with Crippen molar-refractivity contribution in [2.75, 3.05) is 13.1 Å². The maximum absolute atomic E-state index is 4.44. The van der Waals surface area contributed by atoms with E-state index in [1.165, 1.54) is 24.7 Å². The molecule has 1 saturated heterocycles. The van der Waals surface area contributed by atoms with Crippen molar-refractivity contribution in [1.82, 2.24) is 25.1 Å². The molecule has 0 amide bonds. The van der Waals surface area contributed by atoms with E-state index in [2.05, 4.69) is 26.4 Å². The predicted octanol–water partition coefficient (Wildman–Crippen LogP) is 1.13. The predicted molar refractivity (Wildman–Crippen MR) is 64.0 cm³/mol. The maximum Gasteiger partial charge on any atom is 0.155 e. The fourth-order valence-corrected chi connectivity index (χ4v) is 2.26. The molecule has 0 radical (unpaired) electrons. The van der Waals surface area contributed by atoms with Crippen molar-refractivity contribution in [1.29, 1.82) is 0 Å². The molecule has 3 rings (SSSR count). The van der Waals surface area contributed by atoms with Gasteiger partial charge >= 0.3 is 0 Å². The molecule has 0 unspecified atom stereocenters. The van der Waals surface area contributed by atoms with Crippen LogP contribution >= 0.6 is 0 Å². The third-order valence-corrected chi connectivity index (χ3v) is 3.23. The van der Waals surface area contributed by atoms with Crippen LogP contribution in [0.25, 0.3) is 5.82 Å². The van der Waals surface area contributed by atoms with Gasteiger partial charge in [-0.3, -0.25) is 0 Å². The molecule has 0 bridgehead atoms. The molecular formula is C12H15N5. The van der Waals surface area contributed by atoms with E-state index in [1.807, 2.05) is 12.3 Å². The minimum Gasteiger partial charge on any atom is -0.317 e. The molecule has 17 heavy (non-hydrogen) atoms. The van der Waals surface area contributed by atoms with Crippen molar-refractivity contribution in [2.24, 2.45) is 0 Å². The Morgan fingerprint density at radius 3 is 2.76 bits per heavy atom. The zero-order valence-electron chi connectivity index (χ0n) is 9.58. The molecule has 0 saturated carbocycles. The fraction of sp³-hybridized carbons (Fsp3) is 0.417. The number of hydrogen-bond donors (Lipinski definition) is 1. The van der Waals surface area contributed by atoms with E-state index in [-0.39, 0.29) is 0 Å². The Morgan fingerprint density at radius 2 is 2.12 bits per heavy atom. The van der Waals surface area contributed by atoms with Crippen LogP contribution < -0.4 is 5.32 Å². The summed E-state index contributed by atoms with van der Waals surface area (Å²) in [6, 6.07) is 4.16. The summed E-state index contributed by atoms with van der Waals surface area (Å²) in [4.78, 5) is 8.35. The van der Waals surface area contributed by atoms with E-state index in [0.717, 1.165) is 18.9 Å². The third kappa shape index (κ3) is 2.19. The molecule has 3 heterocycles. The molecular weight excluding hydrogens is 214 g/mol. The Labute approximate surface area is 99.9 Å². The second kappa shape index (κ2) is 4.63. The summed E-state index contributed by atoms with van der Waals surface area (Å²) in [6.45, 7) is 2.21. The lowest BCUT2D eigenvalue weighted by Gasteiger charge is -2.22. The molecule has 1 aliphatic heterocycles. The zero-order valence-corrected chi connectivity index (χ0v) is 9.58. The van der Waals surface area contributed by atoms with Gasteiger partial charge in [0, 0.05) is 6.20 Å². The molecule has 1 aliphatic rings. The van der Waals surface area contributed by atoms with Gasteiger partial charge < -0.3 is 5.32 Å². The summed E-state index contributed by atoms with van der Waals surface area (Å²) in [7, 11) is 0. The van der Waals surface area contributed by atoms with Crippen LogP contribution in [0.15, 0.2) is 31.0 Å². The Bertz CT molecular complexity index is 456. The molecule has 0 atom stereocenters. The van der Waals surface area contributed by atoms with Gasteiger partial charge in [-0.2, -0.15) is 5.10 Å². The van der Waals surface area contributed by atoms with Crippen molar-refractivity contribution < 1.29 is 0 Å². The smallest absolute Gasteiger partial charge is 0.155 e. The summed E-state index contributed by atoms with van der Waals surface area (Å²) in [5.74, 6) is 1.47. The largest absolute Gasteiger partial charge is 0.317 e. The summed E-state index contributed by atoms with van der Waals surface area (Å²) in [6.07, 6.45) is 7.54. The van der Waals surface area contributed by atoms with E-state index >= 15 is 0 Å². The normalized spacial score (nSPS) is 17.2. The van der Waals surface area contributed by atoms with E-state index in [9.17, 15) is 0 Å². The number of aromatic nitrogens is 4. The number of nitrogens with zero attached hydrogens (tertiary/aromatic N) is 4. The van der Waals surface area contributed by atoms with E-state index in [0.29, 0.717) is 5.92 Å². The lowest BCUT2D eigenvalue weighted by atomic mass is 9.91. The molecule has 88 valence electrons. The van der Waals surface area contributed by atoms with Crippen LogP contribution in [0.2, 0.25) is 0 Å². The zero-order chi connectivity index (χ0) is 11.5. The molecule has 2 aromatic heterocycles. The minimum atomic E-state index is 0.647. The Balaban J connectivity index is 1.80. The van der Waals surface area contributed by atoms with Crippen LogP contribution in [0.3, 0.4) is 0 Å². The van der Waals surface area contributed by atoms with Gasteiger partial charge in [0.25, 0.3) is 0 Å². The van der Waals surface area contributed by atoms with E-state index in [4.69, 9.17) is 0 Å². The fourth-order valence-electron chi connectivity index (χ4n) is 2.26. The van der Waals surface area contributed by atoms with Crippen LogP contribution in [0.4, 0.5) is 0 Å². The van der Waals surface area contributed by atoms with Gasteiger partial charge in [0.2, 0.25) is 0 Å². The van der Waals surface area contributed by atoms with Crippen molar-refractivity contribution in [3.8, 4) is 5.82 Å². The van der Waals surface area contributed by atoms with Crippen LogP contribution in [-0.2, 0) is 0 Å². The van der Waals surface area contributed by atoms with Gasteiger partial charge in [0.15, 0.2) is 5.82 Å². The highest BCUT2D eigenvalue weighted by Gasteiger charge is 2.15. The highest BCUT2D eigenvalue weighted by Crippen LogP contribution is 2.24. The molecule has 0 aromatic carbocycles. The number of piperidine rings is 1. The van der Waals surface area contributed by atoms with E-state index < -0.39 is 0 Å². The number of rotatable bonds is 2. The van der Waals surface area contributed by atoms with Crippen LogP contribution in [0, 0.1) is 0 Å². The highest BCUT2D eigenvalue weighted by atomic mass is 15.3. The summed E-state index contributed by atoms with van der Waals surface area (Å²) in [5, 5.41) is 7.44. The molecule has 0 spiro atoms. The second-order valence-corrected chi connectivity index (χ2v) is 4.31.